The summed E-state index contributed by atoms with van der Waals surface area (Å²) in [5.74, 6) is -0.660. The van der Waals surface area contributed by atoms with E-state index in [1.165, 1.54) is 5.06 Å². The highest BCUT2D eigenvalue weighted by atomic mass is 32.1. The van der Waals surface area contributed by atoms with Crippen molar-refractivity contribution in [1.29, 1.82) is 0 Å². The highest BCUT2D eigenvalue weighted by Crippen LogP contribution is 2.37. The van der Waals surface area contributed by atoms with Crippen molar-refractivity contribution in [1.82, 2.24) is 10.0 Å². The first-order chi connectivity index (χ1) is 12.5. The molecule has 5 nitrogen and oxygen atoms in total. The molecular weight excluding hydrogens is 348 g/mol. The fourth-order valence-corrected chi connectivity index (χ4v) is 4.36. The number of aromatic nitrogens is 1. The summed E-state index contributed by atoms with van der Waals surface area (Å²) in [5.41, 5.74) is 1.96. The molecule has 26 heavy (non-hydrogen) atoms. The quantitative estimate of drug-likeness (QED) is 0.676. The Kier molecular flexibility index (Phi) is 4.77. The number of ether oxygens (including phenoxy) is 2. The molecule has 1 aromatic heterocycles. The van der Waals surface area contributed by atoms with Gasteiger partial charge < -0.3 is 14.7 Å². The van der Waals surface area contributed by atoms with Crippen LogP contribution in [0.3, 0.4) is 0 Å². The van der Waals surface area contributed by atoms with Crippen LogP contribution in [0.25, 0.3) is 10.2 Å². The van der Waals surface area contributed by atoms with Gasteiger partial charge in [0.2, 0.25) is 0 Å². The van der Waals surface area contributed by atoms with Crippen LogP contribution in [0.2, 0.25) is 0 Å². The Morgan fingerprint density at radius 2 is 1.92 bits per heavy atom. The van der Waals surface area contributed by atoms with Gasteiger partial charge >= 0.3 is 0 Å². The minimum Gasteiger partial charge on any atom is -0.348 e. The maximum Gasteiger partial charge on any atom is 0.163 e. The van der Waals surface area contributed by atoms with Crippen LogP contribution in [0.1, 0.15) is 30.5 Å². The molecule has 1 fully saturated rings. The lowest BCUT2D eigenvalue weighted by Gasteiger charge is -2.29. The zero-order chi connectivity index (χ0) is 18.1. The van der Waals surface area contributed by atoms with Gasteiger partial charge in [0.25, 0.3) is 0 Å². The van der Waals surface area contributed by atoms with Crippen LogP contribution < -0.4 is 0 Å². The fourth-order valence-electron chi connectivity index (χ4n) is 3.23. The van der Waals surface area contributed by atoms with E-state index in [0.717, 1.165) is 20.8 Å². The molecule has 2 atom stereocenters. The van der Waals surface area contributed by atoms with E-state index in [2.05, 4.69) is 0 Å². The van der Waals surface area contributed by atoms with E-state index in [1.807, 2.05) is 68.4 Å². The third-order valence-corrected chi connectivity index (χ3v) is 5.56. The number of benzene rings is 2. The predicted molar refractivity (Wildman–Crippen MR) is 101 cm³/mol. The maximum absolute atomic E-state index is 10.9. The number of rotatable bonds is 5. The highest BCUT2D eigenvalue weighted by molar-refractivity contribution is 7.18. The van der Waals surface area contributed by atoms with Gasteiger partial charge in [-0.25, -0.2) is 4.98 Å². The second-order valence-electron chi connectivity index (χ2n) is 6.91. The normalized spacial score (nSPS) is 20.7. The number of thiazole rings is 1. The molecule has 2 heterocycles. The number of hydrogen-bond donors (Lipinski definition) is 1. The Hall–Kier alpha value is -1.83. The Morgan fingerprint density at radius 1 is 1.19 bits per heavy atom. The molecule has 3 aromatic rings. The molecule has 6 heteroatoms. The SMILES string of the molecule is CC1(C)OC[C@H]([C@@H](c2nc3ccccc3s2)N(O)Cc2ccccc2)O1. The Morgan fingerprint density at radius 3 is 2.62 bits per heavy atom. The molecule has 1 aliphatic heterocycles. The van der Waals surface area contributed by atoms with Crippen molar-refractivity contribution in [3.05, 3.63) is 65.2 Å². The molecule has 0 spiro atoms. The van der Waals surface area contributed by atoms with E-state index in [-0.39, 0.29) is 6.10 Å². The summed E-state index contributed by atoms with van der Waals surface area (Å²) < 4.78 is 12.9. The summed E-state index contributed by atoms with van der Waals surface area (Å²) in [4.78, 5) is 4.75. The molecule has 0 bridgehead atoms. The number of fused-ring (bicyclic) bond motifs is 1. The van der Waals surface area contributed by atoms with Crippen LogP contribution in [0.4, 0.5) is 0 Å². The average molecular weight is 370 g/mol. The second-order valence-corrected chi connectivity index (χ2v) is 7.98. The summed E-state index contributed by atoms with van der Waals surface area (Å²) >= 11 is 1.58. The molecule has 4 rings (SSSR count). The first-order valence-electron chi connectivity index (χ1n) is 8.68. The largest absolute Gasteiger partial charge is 0.348 e. The van der Waals surface area contributed by atoms with Crippen LogP contribution in [0.15, 0.2) is 54.6 Å². The Balaban J connectivity index is 1.67. The van der Waals surface area contributed by atoms with Gasteiger partial charge in [-0.3, -0.25) is 0 Å². The van der Waals surface area contributed by atoms with Gasteiger partial charge in [0, 0.05) is 6.54 Å². The third-order valence-electron chi connectivity index (χ3n) is 4.45. The van der Waals surface area contributed by atoms with E-state index in [9.17, 15) is 5.21 Å². The molecule has 136 valence electrons. The molecule has 0 radical (unpaired) electrons. The fraction of sp³-hybridized carbons (Fsp3) is 0.350. The van der Waals surface area contributed by atoms with Crippen LogP contribution in [-0.4, -0.2) is 33.8 Å². The zero-order valence-corrected chi connectivity index (χ0v) is 15.6. The van der Waals surface area contributed by atoms with Crippen molar-refractivity contribution in [2.24, 2.45) is 0 Å². The van der Waals surface area contributed by atoms with E-state index < -0.39 is 11.8 Å². The van der Waals surface area contributed by atoms with Crippen molar-refractivity contribution >= 4 is 21.6 Å². The van der Waals surface area contributed by atoms with Gasteiger partial charge in [-0.15, -0.1) is 11.3 Å². The van der Waals surface area contributed by atoms with E-state index >= 15 is 0 Å². The minimum absolute atomic E-state index is 0.292. The van der Waals surface area contributed by atoms with E-state index in [4.69, 9.17) is 14.5 Å². The molecule has 0 saturated carbocycles. The van der Waals surface area contributed by atoms with Crippen molar-refractivity contribution in [3.63, 3.8) is 0 Å². The van der Waals surface area contributed by atoms with Crippen LogP contribution >= 0.6 is 11.3 Å². The van der Waals surface area contributed by atoms with Gasteiger partial charge in [0.05, 0.1) is 16.8 Å². The number of para-hydroxylation sites is 1. The molecule has 1 saturated heterocycles. The number of hydroxylamine groups is 2. The minimum atomic E-state index is -0.660. The predicted octanol–water partition coefficient (Wildman–Crippen LogP) is 4.38. The first-order valence-corrected chi connectivity index (χ1v) is 9.50. The smallest absolute Gasteiger partial charge is 0.163 e. The monoisotopic (exact) mass is 370 g/mol. The standard InChI is InChI=1S/C20H22N2O3S/c1-20(2)24-13-16(25-20)18(22(23)12-14-8-4-3-5-9-14)19-21-15-10-6-7-11-17(15)26-19/h3-11,16,18,23H,12-13H2,1-2H3/t16-,18+/m1/s1. The lowest BCUT2D eigenvalue weighted by atomic mass is 10.1. The highest BCUT2D eigenvalue weighted by Gasteiger charge is 2.41. The van der Waals surface area contributed by atoms with Crippen LogP contribution in [0, 0.1) is 0 Å². The van der Waals surface area contributed by atoms with Crippen molar-refractivity contribution < 1.29 is 14.7 Å². The summed E-state index contributed by atoms with van der Waals surface area (Å²) in [5, 5.41) is 13.1. The lowest BCUT2D eigenvalue weighted by molar-refractivity contribution is -0.191. The van der Waals surface area contributed by atoms with Gasteiger partial charge in [0.15, 0.2) is 5.79 Å². The van der Waals surface area contributed by atoms with Gasteiger partial charge in [-0.1, -0.05) is 42.5 Å². The molecule has 2 aromatic carbocycles. The summed E-state index contributed by atoms with van der Waals surface area (Å²) in [6.45, 7) is 4.59. The molecular formula is C20H22N2O3S. The van der Waals surface area contributed by atoms with E-state index in [1.54, 1.807) is 11.3 Å². The lowest BCUT2D eigenvalue weighted by Crippen LogP contribution is -2.36. The molecule has 0 unspecified atom stereocenters. The first kappa shape index (κ1) is 17.6. The Bertz CT molecular complexity index is 848. The molecule has 1 N–H and O–H groups in total. The maximum atomic E-state index is 10.9. The summed E-state index contributed by atoms with van der Waals surface area (Å²) in [6, 6.07) is 17.5. The Labute approximate surface area is 156 Å². The van der Waals surface area contributed by atoms with Crippen LogP contribution in [0.5, 0.6) is 0 Å². The van der Waals surface area contributed by atoms with Crippen LogP contribution in [-0.2, 0) is 16.0 Å². The number of hydrogen-bond acceptors (Lipinski definition) is 6. The van der Waals surface area contributed by atoms with Crippen molar-refractivity contribution in [2.45, 2.75) is 38.3 Å². The van der Waals surface area contributed by atoms with Gasteiger partial charge in [0.1, 0.15) is 17.2 Å². The average Bonchev–Trinajstić information content (AvgIpc) is 3.19. The topological polar surface area (TPSA) is 54.8 Å². The molecule has 0 amide bonds. The second kappa shape index (κ2) is 7.06. The van der Waals surface area contributed by atoms with E-state index in [0.29, 0.717) is 13.2 Å². The van der Waals surface area contributed by atoms with Gasteiger partial charge in [-0.05, 0) is 31.5 Å². The summed E-state index contributed by atoms with van der Waals surface area (Å²) in [6.07, 6.45) is -0.292. The third kappa shape index (κ3) is 3.65. The van der Waals surface area contributed by atoms with Crippen molar-refractivity contribution in [3.8, 4) is 0 Å². The van der Waals surface area contributed by atoms with Gasteiger partial charge in [-0.2, -0.15) is 5.06 Å². The zero-order valence-electron chi connectivity index (χ0n) is 14.8. The van der Waals surface area contributed by atoms with Crippen molar-refractivity contribution in [2.75, 3.05) is 6.61 Å². The number of nitrogens with zero attached hydrogens (tertiary/aromatic N) is 2. The molecule has 1 aliphatic rings. The molecule has 0 aliphatic carbocycles. The summed E-state index contributed by atoms with van der Waals surface area (Å²) in [7, 11) is 0.